The summed E-state index contributed by atoms with van der Waals surface area (Å²) in [5.74, 6) is -1.75. The highest BCUT2D eigenvalue weighted by atomic mass is 16.5. The Balaban J connectivity index is 2.83. The van der Waals surface area contributed by atoms with Gasteiger partial charge in [-0.05, 0) is 13.3 Å². The van der Waals surface area contributed by atoms with Crippen LogP contribution in [-0.2, 0) is 19.1 Å². The first kappa shape index (κ1) is 14.9. The molecule has 1 aliphatic rings. The maximum absolute atomic E-state index is 12.2. The summed E-state index contributed by atoms with van der Waals surface area (Å²) in [5, 5.41) is 9.13. The van der Waals surface area contributed by atoms with Gasteiger partial charge in [0.1, 0.15) is 12.0 Å². The number of carbonyl (C=O) groups is 2. The van der Waals surface area contributed by atoms with Crippen LogP contribution in [0.25, 0.3) is 0 Å². The Bertz CT molecular complexity index is 307. The highest BCUT2D eigenvalue weighted by Crippen LogP contribution is 2.21. The van der Waals surface area contributed by atoms with Crippen LogP contribution < -0.4 is 0 Å². The summed E-state index contributed by atoms with van der Waals surface area (Å²) in [5.41, 5.74) is 0. The van der Waals surface area contributed by atoms with E-state index >= 15 is 0 Å². The summed E-state index contributed by atoms with van der Waals surface area (Å²) in [6.45, 7) is 4.57. The Morgan fingerprint density at radius 1 is 1.50 bits per heavy atom. The van der Waals surface area contributed by atoms with E-state index in [1.807, 2.05) is 6.92 Å². The molecule has 3 atom stereocenters. The van der Waals surface area contributed by atoms with E-state index in [1.165, 1.54) is 7.11 Å². The van der Waals surface area contributed by atoms with Crippen LogP contribution in [0.1, 0.15) is 20.3 Å². The van der Waals surface area contributed by atoms with Crippen LogP contribution in [0.2, 0.25) is 0 Å². The lowest BCUT2D eigenvalue weighted by Gasteiger charge is -2.31. The third kappa shape index (κ3) is 3.20. The SMILES string of the molecule is CCCN(C(=O)C(C)OC)C1COCC1C(=O)O. The van der Waals surface area contributed by atoms with Gasteiger partial charge in [0.25, 0.3) is 5.91 Å². The van der Waals surface area contributed by atoms with Gasteiger partial charge in [0.2, 0.25) is 0 Å². The molecule has 0 aliphatic carbocycles. The van der Waals surface area contributed by atoms with Crippen molar-refractivity contribution in [3.63, 3.8) is 0 Å². The largest absolute Gasteiger partial charge is 0.481 e. The molecule has 1 N–H and O–H groups in total. The fourth-order valence-electron chi connectivity index (χ4n) is 2.10. The Hall–Kier alpha value is -1.14. The van der Waals surface area contributed by atoms with Crippen molar-refractivity contribution in [1.29, 1.82) is 0 Å². The molecule has 18 heavy (non-hydrogen) atoms. The second-order valence-electron chi connectivity index (χ2n) is 4.46. The molecule has 0 saturated carbocycles. The minimum absolute atomic E-state index is 0.162. The molecule has 0 spiro atoms. The van der Waals surface area contributed by atoms with Crippen LogP contribution >= 0.6 is 0 Å². The highest BCUT2D eigenvalue weighted by Gasteiger charge is 2.40. The molecule has 0 bridgehead atoms. The summed E-state index contributed by atoms with van der Waals surface area (Å²) in [6.07, 6.45) is 0.206. The summed E-state index contributed by atoms with van der Waals surface area (Å²) in [6, 6.07) is -0.396. The molecule has 6 nitrogen and oxygen atoms in total. The van der Waals surface area contributed by atoms with Crippen molar-refractivity contribution in [1.82, 2.24) is 4.90 Å². The molecule has 3 unspecified atom stereocenters. The maximum Gasteiger partial charge on any atom is 0.311 e. The zero-order chi connectivity index (χ0) is 13.7. The molecule has 1 saturated heterocycles. The van der Waals surface area contributed by atoms with E-state index in [0.717, 1.165) is 6.42 Å². The average molecular weight is 259 g/mol. The Kier molecular flexibility index (Phi) is 5.55. The molecule has 0 aromatic carbocycles. The van der Waals surface area contributed by atoms with Gasteiger partial charge < -0.3 is 19.5 Å². The van der Waals surface area contributed by atoms with Crippen molar-refractivity contribution in [2.75, 3.05) is 26.9 Å². The molecule has 1 heterocycles. The van der Waals surface area contributed by atoms with Crippen molar-refractivity contribution in [3.05, 3.63) is 0 Å². The van der Waals surface area contributed by atoms with Gasteiger partial charge in [-0.1, -0.05) is 6.92 Å². The van der Waals surface area contributed by atoms with Crippen molar-refractivity contribution >= 4 is 11.9 Å². The quantitative estimate of drug-likeness (QED) is 0.745. The maximum atomic E-state index is 12.2. The number of amides is 1. The van der Waals surface area contributed by atoms with Gasteiger partial charge in [0.15, 0.2) is 0 Å². The van der Waals surface area contributed by atoms with Gasteiger partial charge in [0, 0.05) is 13.7 Å². The lowest BCUT2D eigenvalue weighted by atomic mass is 10.0. The molecular weight excluding hydrogens is 238 g/mol. The van der Waals surface area contributed by atoms with Crippen molar-refractivity contribution in [2.45, 2.75) is 32.4 Å². The molecule has 1 amide bonds. The predicted octanol–water partition coefficient (Wildman–Crippen LogP) is 0.360. The monoisotopic (exact) mass is 259 g/mol. The molecule has 0 radical (unpaired) electrons. The lowest BCUT2D eigenvalue weighted by Crippen LogP contribution is -2.50. The first-order chi connectivity index (χ1) is 8.52. The van der Waals surface area contributed by atoms with Crippen LogP contribution in [-0.4, -0.2) is 60.9 Å². The van der Waals surface area contributed by atoms with Gasteiger partial charge >= 0.3 is 5.97 Å². The molecule has 1 aliphatic heterocycles. The zero-order valence-electron chi connectivity index (χ0n) is 11.1. The smallest absolute Gasteiger partial charge is 0.311 e. The molecule has 0 aromatic rings. The van der Waals surface area contributed by atoms with Crippen LogP contribution in [0.4, 0.5) is 0 Å². The molecule has 1 rings (SSSR count). The van der Waals surface area contributed by atoms with Crippen LogP contribution in [0.3, 0.4) is 0 Å². The van der Waals surface area contributed by atoms with E-state index in [9.17, 15) is 9.59 Å². The minimum atomic E-state index is -0.920. The number of ether oxygens (including phenoxy) is 2. The number of nitrogens with zero attached hydrogens (tertiary/aromatic N) is 1. The lowest BCUT2D eigenvalue weighted by molar-refractivity contribution is -0.148. The summed E-state index contributed by atoms with van der Waals surface area (Å²) in [7, 11) is 1.46. The van der Waals surface area contributed by atoms with Crippen molar-refractivity contribution in [2.24, 2.45) is 5.92 Å². The van der Waals surface area contributed by atoms with E-state index in [1.54, 1.807) is 11.8 Å². The molecular formula is C12H21NO5. The Morgan fingerprint density at radius 2 is 2.17 bits per heavy atom. The average Bonchev–Trinajstić information content (AvgIpc) is 2.83. The molecule has 0 aromatic heterocycles. The van der Waals surface area contributed by atoms with Gasteiger partial charge in [0.05, 0.1) is 19.3 Å². The number of methoxy groups -OCH3 is 1. The van der Waals surface area contributed by atoms with Crippen molar-refractivity contribution < 1.29 is 24.2 Å². The minimum Gasteiger partial charge on any atom is -0.481 e. The van der Waals surface area contributed by atoms with E-state index in [-0.39, 0.29) is 19.1 Å². The van der Waals surface area contributed by atoms with Gasteiger partial charge in [-0.25, -0.2) is 0 Å². The zero-order valence-corrected chi connectivity index (χ0v) is 11.1. The third-order valence-corrected chi connectivity index (χ3v) is 3.22. The fraction of sp³-hybridized carbons (Fsp3) is 0.833. The Labute approximate surface area is 107 Å². The highest BCUT2D eigenvalue weighted by molar-refractivity contribution is 5.82. The van der Waals surface area contributed by atoms with E-state index in [2.05, 4.69) is 0 Å². The standard InChI is InChI=1S/C12H21NO5/c1-4-5-13(11(14)8(2)17-3)10-7-18-6-9(10)12(15)16/h8-10H,4-7H2,1-3H3,(H,15,16). The molecule has 1 fully saturated rings. The number of hydrogen-bond donors (Lipinski definition) is 1. The second kappa shape index (κ2) is 6.70. The molecule has 104 valence electrons. The molecule has 6 heteroatoms. The first-order valence-electron chi connectivity index (χ1n) is 6.16. The van der Waals surface area contributed by atoms with E-state index in [4.69, 9.17) is 14.6 Å². The topological polar surface area (TPSA) is 76.1 Å². The van der Waals surface area contributed by atoms with Crippen molar-refractivity contribution in [3.8, 4) is 0 Å². The number of hydrogen-bond acceptors (Lipinski definition) is 4. The summed E-state index contributed by atoms with van der Waals surface area (Å²) < 4.78 is 10.2. The summed E-state index contributed by atoms with van der Waals surface area (Å²) in [4.78, 5) is 24.9. The number of carbonyl (C=O) groups excluding carboxylic acids is 1. The van der Waals surface area contributed by atoms with Gasteiger partial charge in [-0.3, -0.25) is 9.59 Å². The van der Waals surface area contributed by atoms with Crippen LogP contribution in [0.15, 0.2) is 0 Å². The Morgan fingerprint density at radius 3 is 2.67 bits per heavy atom. The normalized spacial score (nSPS) is 24.8. The predicted molar refractivity (Wildman–Crippen MR) is 64.2 cm³/mol. The second-order valence-corrected chi connectivity index (χ2v) is 4.46. The fourth-order valence-corrected chi connectivity index (χ4v) is 2.10. The van der Waals surface area contributed by atoms with Crippen LogP contribution in [0, 0.1) is 5.92 Å². The van der Waals surface area contributed by atoms with Gasteiger partial charge in [-0.2, -0.15) is 0 Å². The van der Waals surface area contributed by atoms with E-state index in [0.29, 0.717) is 6.54 Å². The third-order valence-electron chi connectivity index (χ3n) is 3.22. The van der Waals surface area contributed by atoms with E-state index < -0.39 is 24.0 Å². The first-order valence-corrected chi connectivity index (χ1v) is 6.16. The number of aliphatic carboxylic acids is 1. The summed E-state index contributed by atoms with van der Waals surface area (Å²) >= 11 is 0. The van der Waals surface area contributed by atoms with Crippen LogP contribution in [0.5, 0.6) is 0 Å². The van der Waals surface area contributed by atoms with Gasteiger partial charge in [-0.15, -0.1) is 0 Å². The number of carboxylic acid groups (broad SMARTS) is 1. The number of carboxylic acids is 1. The number of rotatable bonds is 6.